The molecule has 4 nitrogen and oxygen atoms in total. The van der Waals surface area contributed by atoms with Crippen molar-refractivity contribution in [2.75, 3.05) is 27.7 Å². The van der Waals surface area contributed by atoms with Gasteiger partial charge in [0.25, 0.3) is 0 Å². The van der Waals surface area contributed by atoms with E-state index in [2.05, 4.69) is 6.92 Å². The maximum atomic E-state index is 11.9. The lowest BCUT2D eigenvalue weighted by Gasteiger charge is -2.23. The Morgan fingerprint density at radius 2 is 1.08 bits per heavy atom. The molecule has 0 aliphatic heterocycles. The summed E-state index contributed by atoms with van der Waals surface area (Å²) >= 11 is 0. The highest BCUT2D eigenvalue weighted by Gasteiger charge is 2.28. The highest BCUT2D eigenvalue weighted by Crippen LogP contribution is 2.35. The van der Waals surface area contributed by atoms with Gasteiger partial charge in [-0.05, 0) is 6.42 Å². The van der Waals surface area contributed by atoms with Gasteiger partial charge in [-0.25, -0.2) is 0 Å². The highest BCUT2D eigenvalue weighted by molar-refractivity contribution is 7.84. The summed E-state index contributed by atoms with van der Waals surface area (Å²) in [6.45, 7) is 2.47. The zero-order valence-corrected chi connectivity index (χ0v) is 18.7. The third-order valence-corrected chi connectivity index (χ3v) is 5.89. The molecule has 0 saturated carbocycles. The molecule has 0 aliphatic rings. The van der Waals surface area contributed by atoms with Crippen LogP contribution in [-0.2, 0) is 9.59 Å². The molecule has 0 amide bonds. The van der Waals surface area contributed by atoms with Crippen LogP contribution >= 0.6 is 8.15 Å². The molecule has 0 spiro atoms. The number of carbonyl (C=O) groups excluding carboxylic acids is 2. The fourth-order valence-electron chi connectivity index (χ4n) is 3.01. The summed E-state index contributed by atoms with van der Waals surface area (Å²) in [6, 6.07) is 0. The molecule has 1 unspecified atom stereocenters. The summed E-state index contributed by atoms with van der Waals surface area (Å²) in [7, 11) is 3.56. The zero-order valence-electron chi connectivity index (χ0n) is 17.8. The van der Waals surface area contributed by atoms with Crippen molar-refractivity contribution in [3.05, 3.63) is 0 Å². The number of quaternary nitrogens is 1. The predicted octanol–water partition coefficient (Wildman–Crippen LogP) is 5.62. The Morgan fingerprint density at radius 3 is 1.46 bits per heavy atom. The number of hydrogen-bond donors (Lipinski definition) is 1. The molecule has 0 aromatic heterocycles. The van der Waals surface area contributed by atoms with Crippen molar-refractivity contribution >= 4 is 19.2 Å². The number of likely N-dealkylation sites (N-methyl/N-ethyl adjacent to an activating group) is 1. The average Bonchev–Trinajstić information content (AvgIpc) is 2.56. The molecule has 0 aromatic carbocycles. The first-order valence-corrected chi connectivity index (χ1v) is 11.9. The summed E-state index contributed by atoms with van der Waals surface area (Å²) in [5.41, 5.74) is -0.547. The smallest absolute Gasteiger partial charge is 0.242 e. The monoisotopic (exact) mass is 388 g/mol. The average molecular weight is 389 g/mol. The molecule has 0 heterocycles. The molecule has 26 heavy (non-hydrogen) atoms. The van der Waals surface area contributed by atoms with Crippen LogP contribution in [-0.4, -0.2) is 48.1 Å². The molecular weight excluding hydrogens is 345 g/mol. The molecule has 0 bridgehead atoms. The van der Waals surface area contributed by atoms with Gasteiger partial charge in [-0.2, -0.15) is 0 Å². The highest BCUT2D eigenvalue weighted by atomic mass is 31.1. The van der Waals surface area contributed by atoms with Crippen LogP contribution in [0.4, 0.5) is 0 Å². The van der Waals surface area contributed by atoms with Crippen LogP contribution in [0.15, 0.2) is 0 Å². The van der Waals surface area contributed by atoms with E-state index < -0.39 is 8.15 Å². The minimum atomic E-state index is -2.10. The lowest BCUT2D eigenvalue weighted by molar-refractivity contribution is -0.861. The summed E-state index contributed by atoms with van der Waals surface area (Å²) in [6.07, 6.45) is 16.8. The third kappa shape index (κ3) is 15.9. The summed E-state index contributed by atoms with van der Waals surface area (Å²) in [5, 5.41) is 0. The zero-order chi connectivity index (χ0) is 19.8. The van der Waals surface area contributed by atoms with Crippen LogP contribution in [0.1, 0.15) is 96.8 Å². The minimum absolute atomic E-state index is 0.215. The minimum Gasteiger partial charge on any atom is -0.360 e. The number of unbranched alkanes of at least 4 members (excludes halogenated alkanes) is 12. The van der Waals surface area contributed by atoms with E-state index in [0.29, 0.717) is 10.9 Å². The maximum Gasteiger partial charge on any atom is 0.242 e. The Hall–Kier alpha value is -0.310. The van der Waals surface area contributed by atoms with Crippen molar-refractivity contribution in [3.63, 3.8) is 0 Å². The van der Waals surface area contributed by atoms with Crippen LogP contribution in [0.25, 0.3) is 0 Å². The number of rotatable bonds is 18. The van der Waals surface area contributed by atoms with Gasteiger partial charge in [0, 0.05) is 6.42 Å². The van der Waals surface area contributed by atoms with Crippen molar-refractivity contribution in [1.29, 1.82) is 0 Å². The summed E-state index contributed by atoms with van der Waals surface area (Å²) < 4.78 is 0.449. The van der Waals surface area contributed by atoms with E-state index in [1.807, 2.05) is 21.1 Å². The first-order chi connectivity index (χ1) is 12.3. The standard InChI is InChI=1S/C21H43NO3P/c1-5-6-7-8-9-10-11-12-13-14-15-16-17-18-20(23)26(25)21(24)19-22(2,3)4/h25H,5-19H2,1-4H3/q+1. The van der Waals surface area contributed by atoms with E-state index in [1.54, 1.807) is 0 Å². The van der Waals surface area contributed by atoms with Crippen molar-refractivity contribution < 1.29 is 19.0 Å². The SMILES string of the molecule is CCCCCCCCCCCCCCCC(=O)P(O)C(=O)C[N+](C)(C)C. The molecule has 0 aliphatic carbocycles. The van der Waals surface area contributed by atoms with Gasteiger partial charge in [0.1, 0.15) is 6.54 Å². The van der Waals surface area contributed by atoms with E-state index in [-0.39, 0.29) is 17.6 Å². The van der Waals surface area contributed by atoms with Crippen molar-refractivity contribution in [2.24, 2.45) is 0 Å². The lowest BCUT2D eigenvalue weighted by Crippen LogP contribution is -2.39. The van der Waals surface area contributed by atoms with Gasteiger partial charge in [-0.3, -0.25) is 9.59 Å². The molecule has 1 atom stereocenters. The second kappa shape index (κ2) is 15.7. The second-order valence-electron chi connectivity index (χ2n) is 8.54. The van der Waals surface area contributed by atoms with Gasteiger partial charge in [0.05, 0.1) is 21.1 Å². The van der Waals surface area contributed by atoms with Crippen molar-refractivity contribution in [1.82, 2.24) is 0 Å². The number of carbonyl (C=O) groups is 2. The first-order valence-electron chi connectivity index (χ1n) is 10.6. The molecule has 0 radical (unpaired) electrons. The predicted molar refractivity (Wildman–Crippen MR) is 112 cm³/mol. The largest absolute Gasteiger partial charge is 0.360 e. The molecule has 0 saturated heterocycles. The summed E-state index contributed by atoms with van der Waals surface area (Å²) in [5.74, 6) is 0. The van der Waals surface area contributed by atoms with Crippen LogP contribution < -0.4 is 0 Å². The van der Waals surface area contributed by atoms with Crippen molar-refractivity contribution in [2.45, 2.75) is 96.8 Å². The lowest BCUT2D eigenvalue weighted by atomic mass is 10.0. The van der Waals surface area contributed by atoms with Gasteiger partial charge in [0.2, 0.25) is 5.52 Å². The fourth-order valence-corrected chi connectivity index (χ4v) is 4.22. The number of nitrogens with zero attached hydrogens (tertiary/aromatic N) is 1. The third-order valence-electron chi connectivity index (χ3n) is 4.58. The Morgan fingerprint density at radius 1 is 0.692 bits per heavy atom. The number of hydrogen-bond acceptors (Lipinski definition) is 3. The molecule has 1 N–H and O–H groups in total. The quantitative estimate of drug-likeness (QED) is 0.188. The Bertz CT molecular complexity index is 380. The van der Waals surface area contributed by atoms with E-state index in [4.69, 9.17) is 0 Å². The van der Waals surface area contributed by atoms with Crippen LogP contribution in [0, 0.1) is 0 Å². The molecule has 154 valence electrons. The Labute approximate surface area is 163 Å². The van der Waals surface area contributed by atoms with Crippen LogP contribution in [0.5, 0.6) is 0 Å². The molecule has 0 fully saturated rings. The Balaban J connectivity index is 3.49. The second-order valence-corrected chi connectivity index (χ2v) is 10.2. The van der Waals surface area contributed by atoms with Crippen LogP contribution in [0.3, 0.4) is 0 Å². The van der Waals surface area contributed by atoms with Gasteiger partial charge in [-0.1, -0.05) is 84.0 Å². The molecule has 5 heteroatoms. The van der Waals surface area contributed by atoms with Gasteiger partial charge >= 0.3 is 0 Å². The van der Waals surface area contributed by atoms with E-state index in [9.17, 15) is 14.5 Å². The van der Waals surface area contributed by atoms with Crippen LogP contribution in [0.2, 0.25) is 0 Å². The van der Waals surface area contributed by atoms with E-state index in [0.717, 1.165) is 19.3 Å². The van der Waals surface area contributed by atoms with Gasteiger partial charge in [-0.15, -0.1) is 0 Å². The normalized spacial score (nSPS) is 13.0. The Kier molecular flexibility index (Phi) is 15.5. The first kappa shape index (κ1) is 25.7. The topological polar surface area (TPSA) is 54.4 Å². The molecule has 0 aromatic rings. The van der Waals surface area contributed by atoms with E-state index >= 15 is 0 Å². The van der Waals surface area contributed by atoms with Crippen molar-refractivity contribution in [3.8, 4) is 0 Å². The summed E-state index contributed by atoms with van der Waals surface area (Å²) in [4.78, 5) is 33.7. The van der Waals surface area contributed by atoms with Gasteiger partial charge < -0.3 is 9.38 Å². The fraction of sp³-hybridized carbons (Fsp3) is 0.905. The molecular formula is C21H43NO3P+. The van der Waals surface area contributed by atoms with E-state index in [1.165, 1.54) is 64.2 Å². The molecule has 0 rings (SSSR count). The van der Waals surface area contributed by atoms with Gasteiger partial charge in [0.15, 0.2) is 13.7 Å². The maximum absolute atomic E-state index is 11.9.